The first-order valence-electron chi connectivity index (χ1n) is 7.22. The molecule has 0 heterocycles. The Morgan fingerprint density at radius 2 is 1.95 bits per heavy atom. The minimum atomic E-state index is -3.46. The van der Waals surface area contributed by atoms with Crippen molar-refractivity contribution in [1.82, 2.24) is 14.9 Å². The zero-order chi connectivity index (χ0) is 16.0. The summed E-state index contributed by atoms with van der Waals surface area (Å²) in [6.45, 7) is 7.77. The average molecular weight is 313 g/mol. The molecule has 0 aromatic heterocycles. The van der Waals surface area contributed by atoms with E-state index >= 15 is 0 Å². The SMILES string of the molecule is CNCc1cccc(S(=O)(=O)NCCN(C)C(C)C)c1C. The lowest BCUT2D eigenvalue weighted by Gasteiger charge is -2.21. The fourth-order valence-corrected chi connectivity index (χ4v) is 3.33. The first-order chi connectivity index (χ1) is 9.79. The average Bonchev–Trinajstić information content (AvgIpc) is 2.40. The van der Waals surface area contributed by atoms with Crippen molar-refractivity contribution in [3.8, 4) is 0 Å². The Balaban J connectivity index is 2.81. The molecule has 2 N–H and O–H groups in total. The fraction of sp³-hybridized carbons (Fsp3) is 0.600. The number of nitrogens with zero attached hydrogens (tertiary/aromatic N) is 1. The van der Waals surface area contributed by atoms with Crippen LogP contribution in [0.25, 0.3) is 0 Å². The summed E-state index contributed by atoms with van der Waals surface area (Å²) in [6, 6.07) is 5.78. The maximum absolute atomic E-state index is 12.4. The summed E-state index contributed by atoms with van der Waals surface area (Å²) in [5.41, 5.74) is 1.80. The number of hydrogen-bond acceptors (Lipinski definition) is 4. The van der Waals surface area contributed by atoms with Crippen molar-refractivity contribution < 1.29 is 8.42 Å². The quantitative estimate of drug-likeness (QED) is 0.760. The lowest BCUT2D eigenvalue weighted by Crippen LogP contribution is -2.36. The van der Waals surface area contributed by atoms with Crippen molar-refractivity contribution in [3.63, 3.8) is 0 Å². The van der Waals surface area contributed by atoms with Crippen LogP contribution in [0, 0.1) is 6.92 Å². The molecular weight excluding hydrogens is 286 g/mol. The lowest BCUT2D eigenvalue weighted by molar-refractivity contribution is 0.278. The van der Waals surface area contributed by atoms with Crippen molar-refractivity contribution in [1.29, 1.82) is 0 Å². The second-order valence-corrected chi connectivity index (χ2v) is 7.28. The Morgan fingerprint density at radius 1 is 1.29 bits per heavy atom. The standard InChI is InChI=1S/C15H27N3O2S/c1-12(2)18(5)10-9-17-21(19,20)15-8-6-7-14(11-16-4)13(15)3/h6-8,12,16-17H,9-11H2,1-5H3. The Hall–Kier alpha value is -0.950. The summed E-state index contributed by atoms with van der Waals surface area (Å²) < 4.78 is 27.5. The van der Waals surface area contributed by atoms with E-state index < -0.39 is 10.0 Å². The first kappa shape index (κ1) is 18.1. The molecule has 0 radical (unpaired) electrons. The molecule has 0 fully saturated rings. The van der Waals surface area contributed by atoms with E-state index in [1.807, 2.05) is 27.1 Å². The van der Waals surface area contributed by atoms with E-state index in [0.717, 1.165) is 11.1 Å². The number of sulfonamides is 1. The van der Waals surface area contributed by atoms with E-state index in [4.69, 9.17) is 0 Å². The summed E-state index contributed by atoms with van der Waals surface area (Å²) >= 11 is 0. The molecule has 0 spiro atoms. The molecule has 0 saturated heterocycles. The van der Waals surface area contributed by atoms with Crippen LogP contribution in [0.3, 0.4) is 0 Å². The Kier molecular flexibility index (Phi) is 6.80. The van der Waals surface area contributed by atoms with Gasteiger partial charge in [-0.1, -0.05) is 12.1 Å². The highest BCUT2D eigenvalue weighted by molar-refractivity contribution is 7.89. The minimum absolute atomic E-state index is 0.363. The van der Waals surface area contributed by atoms with Crippen LogP contribution >= 0.6 is 0 Å². The van der Waals surface area contributed by atoms with Crippen LogP contribution < -0.4 is 10.0 Å². The Morgan fingerprint density at radius 3 is 2.52 bits per heavy atom. The molecule has 5 nitrogen and oxygen atoms in total. The van der Waals surface area contributed by atoms with Gasteiger partial charge in [-0.3, -0.25) is 0 Å². The van der Waals surface area contributed by atoms with Gasteiger partial charge in [-0.05, 0) is 52.1 Å². The summed E-state index contributed by atoms with van der Waals surface area (Å²) in [4.78, 5) is 2.47. The molecule has 21 heavy (non-hydrogen) atoms. The van der Waals surface area contributed by atoms with E-state index in [2.05, 4.69) is 28.8 Å². The van der Waals surface area contributed by atoms with Gasteiger partial charge in [0.05, 0.1) is 4.90 Å². The van der Waals surface area contributed by atoms with Gasteiger partial charge in [0.1, 0.15) is 0 Å². The van der Waals surface area contributed by atoms with E-state index in [0.29, 0.717) is 30.6 Å². The molecule has 0 aliphatic heterocycles. The highest BCUT2D eigenvalue weighted by atomic mass is 32.2. The Labute approximate surface area is 128 Å². The third-order valence-corrected chi connectivity index (χ3v) is 5.30. The fourth-order valence-electron chi connectivity index (χ4n) is 2.03. The molecule has 0 bridgehead atoms. The van der Waals surface area contributed by atoms with Gasteiger partial charge in [0.2, 0.25) is 10.0 Å². The van der Waals surface area contributed by atoms with Crippen molar-refractivity contribution >= 4 is 10.0 Å². The van der Waals surface area contributed by atoms with Crippen LogP contribution in [0.15, 0.2) is 23.1 Å². The molecule has 120 valence electrons. The molecule has 1 aromatic carbocycles. The summed E-state index contributed by atoms with van der Waals surface area (Å²) in [6.07, 6.45) is 0. The van der Waals surface area contributed by atoms with Gasteiger partial charge in [-0.15, -0.1) is 0 Å². The van der Waals surface area contributed by atoms with E-state index in [1.165, 1.54) is 0 Å². The predicted octanol–water partition coefficient (Wildman–Crippen LogP) is 1.33. The monoisotopic (exact) mass is 313 g/mol. The van der Waals surface area contributed by atoms with Gasteiger partial charge in [0.15, 0.2) is 0 Å². The Bertz CT molecular complexity index is 556. The molecule has 1 rings (SSSR count). The van der Waals surface area contributed by atoms with Crippen molar-refractivity contribution in [3.05, 3.63) is 29.3 Å². The van der Waals surface area contributed by atoms with Gasteiger partial charge < -0.3 is 10.2 Å². The van der Waals surface area contributed by atoms with Gasteiger partial charge >= 0.3 is 0 Å². The van der Waals surface area contributed by atoms with Gasteiger partial charge in [0, 0.05) is 25.7 Å². The summed E-state index contributed by atoms with van der Waals surface area (Å²) in [5, 5.41) is 3.05. The highest BCUT2D eigenvalue weighted by Crippen LogP contribution is 2.18. The van der Waals surface area contributed by atoms with Crippen molar-refractivity contribution in [2.45, 2.75) is 38.3 Å². The van der Waals surface area contributed by atoms with Crippen molar-refractivity contribution in [2.75, 3.05) is 27.2 Å². The van der Waals surface area contributed by atoms with Crippen LogP contribution in [0.4, 0.5) is 0 Å². The lowest BCUT2D eigenvalue weighted by atomic mass is 10.1. The summed E-state index contributed by atoms with van der Waals surface area (Å²) in [7, 11) is 0.374. The van der Waals surface area contributed by atoms with Crippen LogP contribution in [0.5, 0.6) is 0 Å². The van der Waals surface area contributed by atoms with Gasteiger partial charge in [0.25, 0.3) is 0 Å². The number of benzene rings is 1. The number of rotatable bonds is 8. The third kappa shape index (κ3) is 5.07. The molecule has 1 aromatic rings. The first-order valence-corrected chi connectivity index (χ1v) is 8.71. The second kappa shape index (κ2) is 7.89. The highest BCUT2D eigenvalue weighted by Gasteiger charge is 2.18. The van der Waals surface area contributed by atoms with Crippen LogP contribution in [0.1, 0.15) is 25.0 Å². The van der Waals surface area contributed by atoms with Crippen LogP contribution in [-0.4, -0.2) is 46.5 Å². The minimum Gasteiger partial charge on any atom is -0.316 e. The topological polar surface area (TPSA) is 61.4 Å². The van der Waals surface area contributed by atoms with Gasteiger partial charge in [-0.2, -0.15) is 0 Å². The zero-order valence-corrected chi connectivity index (χ0v) is 14.4. The van der Waals surface area contributed by atoms with E-state index in [-0.39, 0.29) is 0 Å². The van der Waals surface area contributed by atoms with Crippen LogP contribution in [-0.2, 0) is 16.6 Å². The zero-order valence-electron chi connectivity index (χ0n) is 13.6. The molecule has 0 atom stereocenters. The van der Waals surface area contributed by atoms with Crippen molar-refractivity contribution in [2.24, 2.45) is 0 Å². The molecule has 0 amide bonds. The third-order valence-electron chi connectivity index (χ3n) is 3.69. The molecule has 0 aliphatic carbocycles. The number of likely N-dealkylation sites (N-methyl/N-ethyl adjacent to an activating group) is 1. The predicted molar refractivity (Wildman–Crippen MR) is 86.9 cm³/mol. The van der Waals surface area contributed by atoms with Gasteiger partial charge in [-0.25, -0.2) is 13.1 Å². The normalized spacial score (nSPS) is 12.3. The van der Waals surface area contributed by atoms with E-state index in [9.17, 15) is 8.42 Å². The van der Waals surface area contributed by atoms with E-state index in [1.54, 1.807) is 12.1 Å². The maximum atomic E-state index is 12.4. The summed E-state index contributed by atoms with van der Waals surface area (Å²) in [5.74, 6) is 0. The molecule has 6 heteroatoms. The number of nitrogens with one attached hydrogen (secondary N) is 2. The second-order valence-electron chi connectivity index (χ2n) is 5.54. The maximum Gasteiger partial charge on any atom is 0.240 e. The molecule has 0 aliphatic rings. The smallest absolute Gasteiger partial charge is 0.240 e. The largest absolute Gasteiger partial charge is 0.316 e. The van der Waals surface area contributed by atoms with Crippen LogP contribution in [0.2, 0.25) is 0 Å². The number of hydrogen-bond donors (Lipinski definition) is 2. The molecule has 0 unspecified atom stereocenters. The molecule has 0 saturated carbocycles. The molecular formula is C15H27N3O2S.